The van der Waals surface area contributed by atoms with Gasteiger partial charge in [-0.1, -0.05) is 17.7 Å². The van der Waals surface area contributed by atoms with E-state index < -0.39 is 0 Å². The molecule has 0 atom stereocenters. The number of hydrogen-bond acceptors (Lipinski definition) is 3. The van der Waals surface area contributed by atoms with Gasteiger partial charge in [0.25, 0.3) is 5.91 Å². The first-order chi connectivity index (χ1) is 12.7. The normalized spacial score (nSPS) is 10.7. The van der Waals surface area contributed by atoms with Crippen molar-refractivity contribution in [3.8, 4) is 0 Å². The van der Waals surface area contributed by atoms with Crippen molar-refractivity contribution in [2.24, 2.45) is 0 Å². The third-order valence-electron chi connectivity index (χ3n) is 4.02. The Bertz CT molecular complexity index is 1050. The van der Waals surface area contributed by atoms with Crippen LogP contribution in [-0.2, 0) is 0 Å². The standard InChI is InChI=1S/C21H15ClN2O2/c22-15-6-4-14(5-7-15)21(25)24-17-10-8-16(9-11-17)23-19-2-1-3-20-18(19)12-13-26-20/h1-13,23H,(H,24,25). The molecule has 0 bridgehead atoms. The molecular weight excluding hydrogens is 348 g/mol. The SMILES string of the molecule is O=C(Nc1ccc(Nc2cccc3occc23)cc1)c1ccc(Cl)cc1. The van der Waals surface area contributed by atoms with Gasteiger partial charge in [-0.25, -0.2) is 0 Å². The molecule has 4 rings (SSSR count). The molecule has 128 valence electrons. The number of carbonyl (C=O) groups excluding carboxylic acids is 1. The molecule has 0 aliphatic rings. The fourth-order valence-corrected chi connectivity index (χ4v) is 2.83. The summed E-state index contributed by atoms with van der Waals surface area (Å²) in [5.41, 5.74) is 4.00. The highest BCUT2D eigenvalue weighted by atomic mass is 35.5. The number of amides is 1. The summed E-state index contributed by atoms with van der Waals surface area (Å²) in [5, 5.41) is 7.86. The highest BCUT2D eigenvalue weighted by molar-refractivity contribution is 6.30. The Morgan fingerprint density at radius 3 is 2.35 bits per heavy atom. The number of furan rings is 1. The second kappa shape index (κ2) is 6.94. The van der Waals surface area contributed by atoms with Crippen LogP contribution >= 0.6 is 11.6 Å². The molecule has 1 aromatic heterocycles. The predicted molar refractivity (Wildman–Crippen MR) is 105 cm³/mol. The minimum atomic E-state index is -0.175. The van der Waals surface area contributed by atoms with Gasteiger partial charge in [0.2, 0.25) is 0 Å². The van der Waals surface area contributed by atoms with E-state index in [1.54, 1.807) is 30.5 Å². The van der Waals surface area contributed by atoms with Gasteiger partial charge < -0.3 is 15.1 Å². The molecule has 26 heavy (non-hydrogen) atoms. The maximum absolute atomic E-state index is 12.2. The van der Waals surface area contributed by atoms with E-state index in [1.165, 1.54) is 0 Å². The molecule has 0 radical (unpaired) electrons. The molecule has 4 aromatic rings. The van der Waals surface area contributed by atoms with Gasteiger partial charge in [0.1, 0.15) is 5.58 Å². The van der Waals surface area contributed by atoms with Gasteiger partial charge in [0.15, 0.2) is 0 Å². The fourth-order valence-electron chi connectivity index (χ4n) is 2.70. The summed E-state index contributed by atoms with van der Waals surface area (Å²) in [4.78, 5) is 12.2. The Kier molecular flexibility index (Phi) is 4.33. The van der Waals surface area contributed by atoms with Crippen LogP contribution in [-0.4, -0.2) is 5.91 Å². The lowest BCUT2D eigenvalue weighted by molar-refractivity contribution is 0.102. The first kappa shape index (κ1) is 16.2. The number of nitrogens with one attached hydrogen (secondary N) is 2. The van der Waals surface area contributed by atoms with E-state index in [9.17, 15) is 4.79 Å². The van der Waals surface area contributed by atoms with Crippen molar-refractivity contribution < 1.29 is 9.21 Å². The van der Waals surface area contributed by atoms with E-state index in [2.05, 4.69) is 10.6 Å². The summed E-state index contributed by atoms with van der Waals surface area (Å²) in [5.74, 6) is -0.175. The van der Waals surface area contributed by atoms with Gasteiger partial charge in [-0.05, 0) is 66.7 Å². The van der Waals surface area contributed by atoms with E-state index >= 15 is 0 Å². The number of halogens is 1. The quantitative estimate of drug-likeness (QED) is 0.462. The van der Waals surface area contributed by atoms with Crippen LogP contribution in [0.4, 0.5) is 17.1 Å². The van der Waals surface area contributed by atoms with Crippen LogP contribution in [0.5, 0.6) is 0 Å². The maximum atomic E-state index is 12.2. The van der Waals surface area contributed by atoms with Crippen molar-refractivity contribution in [1.82, 2.24) is 0 Å². The second-order valence-corrected chi connectivity index (χ2v) is 6.24. The summed E-state index contributed by atoms with van der Waals surface area (Å²) in [6, 6.07) is 22.1. The van der Waals surface area contributed by atoms with Crippen molar-refractivity contribution in [2.45, 2.75) is 0 Å². The predicted octanol–water partition coefficient (Wildman–Crippen LogP) is 6.08. The zero-order valence-corrected chi connectivity index (χ0v) is 14.5. The minimum Gasteiger partial charge on any atom is -0.464 e. The molecule has 0 saturated heterocycles. The zero-order chi connectivity index (χ0) is 17.9. The van der Waals surface area contributed by atoms with Crippen LogP contribution in [0, 0.1) is 0 Å². The van der Waals surface area contributed by atoms with Crippen molar-refractivity contribution >= 4 is 45.5 Å². The number of fused-ring (bicyclic) bond motifs is 1. The van der Waals surface area contributed by atoms with Crippen LogP contribution in [0.3, 0.4) is 0 Å². The number of benzene rings is 3. The van der Waals surface area contributed by atoms with Crippen LogP contribution in [0.2, 0.25) is 5.02 Å². The van der Waals surface area contributed by atoms with Crippen molar-refractivity contribution in [1.29, 1.82) is 0 Å². The van der Waals surface area contributed by atoms with Crippen LogP contribution in [0.15, 0.2) is 83.5 Å². The van der Waals surface area contributed by atoms with Crippen LogP contribution in [0.1, 0.15) is 10.4 Å². The van der Waals surface area contributed by atoms with Gasteiger partial charge in [-0.15, -0.1) is 0 Å². The topological polar surface area (TPSA) is 54.3 Å². The molecule has 1 heterocycles. The van der Waals surface area contributed by atoms with Gasteiger partial charge in [-0.3, -0.25) is 4.79 Å². The number of hydrogen-bond donors (Lipinski definition) is 2. The largest absolute Gasteiger partial charge is 0.464 e. The lowest BCUT2D eigenvalue weighted by Crippen LogP contribution is -2.11. The molecule has 3 aromatic carbocycles. The first-order valence-corrected chi connectivity index (χ1v) is 8.47. The van der Waals surface area contributed by atoms with E-state index in [1.807, 2.05) is 48.5 Å². The highest BCUT2D eigenvalue weighted by Crippen LogP contribution is 2.27. The Morgan fingerprint density at radius 1 is 0.846 bits per heavy atom. The lowest BCUT2D eigenvalue weighted by atomic mass is 10.2. The molecule has 1 amide bonds. The summed E-state index contributed by atoms with van der Waals surface area (Å²) >= 11 is 5.84. The summed E-state index contributed by atoms with van der Waals surface area (Å²) in [7, 11) is 0. The van der Waals surface area contributed by atoms with Gasteiger partial charge >= 0.3 is 0 Å². The first-order valence-electron chi connectivity index (χ1n) is 8.09. The Labute approximate surface area is 155 Å². The zero-order valence-electron chi connectivity index (χ0n) is 13.7. The third-order valence-corrected chi connectivity index (χ3v) is 4.28. The van der Waals surface area contributed by atoms with E-state index in [4.69, 9.17) is 16.0 Å². The molecule has 5 heteroatoms. The third kappa shape index (κ3) is 3.41. The van der Waals surface area contributed by atoms with E-state index in [-0.39, 0.29) is 5.91 Å². The molecular formula is C21H15ClN2O2. The van der Waals surface area contributed by atoms with Crippen molar-refractivity contribution in [2.75, 3.05) is 10.6 Å². The summed E-state index contributed by atoms with van der Waals surface area (Å²) in [6.07, 6.45) is 1.67. The molecule has 2 N–H and O–H groups in total. The number of rotatable bonds is 4. The molecule has 0 saturated carbocycles. The van der Waals surface area contributed by atoms with E-state index in [0.717, 1.165) is 28.0 Å². The average Bonchev–Trinajstić information content (AvgIpc) is 3.14. The summed E-state index contributed by atoms with van der Waals surface area (Å²) in [6.45, 7) is 0. The van der Waals surface area contributed by atoms with Gasteiger partial charge in [0.05, 0.1) is 6.26 Å². The monoisotopic (exact) mass is 362 g/mol. The second-order valence-electron chi connectivity index (χ2n) is 5.80. The van der Waals surface area contributed by atoms with Crippen LogP contribution in [0.25, 0.3) is 11.0 Å². The molecule has 0 unspecified atom stereocenters. The van der Waals surface area contributed by atoms with Crippen molar-refractivity contribution in [3.63, 3.8) is 0 Å². The number of anilines is 3. The Balaban J connectivity index is 1.47. The highest BCUT2D eigenvalue weighted by Gasteiger charge is 2.07. The molecule has 0 fully saturated rings. The fraction of sp³-hybridized carbons (Fsp3) is 0. The Hall–Kier alpha value is -3.24. The maximum Gasteiger partial charge on any atom is 0.255 e. The van der Waals surface area contributed by atoms with Crippen molar-refractivity contribution in [3.05, 3.63) is 89.6 Å². The molecule has 0 spiro atoms. The lowest BCUT2D eigenvalue weighted by Gasteiger charge is -2.09. The minimum absolute atomic E-state index is 0.175. The molecule has 4 nitrogen and oxygen atoms in total. The smallest absolute Gasteiger partial charge is 0.255 e. The van der Waals surface area contributed by atoms with Crippen LogP contribution < -0.4 is 10.6 Å². The van der Waals surface area contributed by atoms with Gasteiger partial charge in [0, 0.05) is 33.0 Å². The number of carbonyl (C=O) groups is 1. The Morgan fingerprint density at radius 2 is 1.58 bits per heavy atom. The average molecular weight is 363 g/mol. The molecule has 0 aliphatic heterocycles. The van der Waals surface area contributed by atoms with E-state index in [0.29, 0.717) is 10.6 Å². The summed E-state index contributed by atoms with van der Waals surface area (Å²) < 4.78 is 5.41. The molecule has 0 aliphatic carbocycles. The van der Waals surface area contributed by atoms with Gasteiger partial charge in [-0.2, -0.15) is 0 Å².